The van der Waals surface area contributed by atoms with Gasteiger partial charge in [0.25, 0.3) is 0 Å². The Morgan fingerprint density at radius 2 is 1.12 bits per heavy atom. The van der Waals surface area contributed by atoms with Crippen LogP contribution in [0.25, 0.3) is 0 Å². The summed E-state index contributed by atoms with van der Waals surface area (Å²) < 4.78 is 8.88. The molecule has 0 unspecified atom stereocenters. The van der Waals surface area contributed by atoms with Crippen LogP contribution in [0.1, 0.15) is 0 Å². The minimum absolute atomic E-state index is 0. The summed E-state index contributed by atoms with van der Waals surface area (Å²) in [6.45, 7) is 3.25. The molecule has 0 aliphatic rings. The second-order valence-electron chi connectivity index (χ2n) is 0.513. The van der Waals surface area contributed by atoms with Crippen molar-refractivity contribution in [2.45, 2.75) is 0 Å². The fourth-order valence-electron chi connectivity index (χ4n) is 0. The van der Waals surface area contributed by atoms with Gasteiger partial charge in [-0.25, -0.2) is 4.57 Å². The maximum atomic E-state index is 8.88. The Morgan fingerprint density at radius 1 is 1.12 bits per heavy atom. The first-order valence-electron chi connectivity index (χ1n) is 1.02. The molecular formula is CH4FeO5P-. The van der Waals surface area contributed by atoms with Crippen molar-refractivity contribution >= 4 is 14.6 Å². The average molecular weight is 183 g/mol. The van der Waals surface area contributed by atoms with Crippen LogP contribution in [-0.4, -0.2) is 21.5 Å². The van der Waals surface area contributed by atoms with E-state index in [-0.39, 0.29) is 17.1 Å². The SMILES string of the molecule is O=P(O)(O)O.[CH-]=O.[Fe]. The molecular weight excluding hydrogens is 179 g/mol. The van der Waals surface area contributed by atoms with Gasteiger partial charge in [0.05, 0.1) is 0 Å². The smallest absolute Gasteiger partial charge is 0.466 e. The third-order valence-corrected chi connectivity index (χ3v) is 0. The van der Waals surface area contributed by atoms with Crippen LogP contribution in [0, 0.1) is 0 Å². The van der Waals surface area contributed by atoms with Crippen molar-refractivity contribution in [1.29, 1.82) is 0 Å². The molecule has 0 aromatic carbocycles. The fraction of sp³-hybridized carbons (Fsp3) is 0. The van der Waals surface area contributed by atoms with Crippen molar-refractivity contribution in [1.82, 2.24) is 0 Å². The van der Waals surface area contributed by atoms with Crippen molar-refractivity contribution in [3.8, 4) is 0 Å². The topological polar surface area (TPSA) is 94.8 Å². The van der Waals surface area contributed by atoms with Crippen LogP contribution in [0.15, 0.2) is 0 Å². The summed E-state index contributed by atoms with van der Waals surface area (Å²) in [6.07, 6.45) is 0. The molecule has 0 heterocycles. The number of carbonyl (C=O) groups excluding carboxylic acids is 1. The summed E-state index contributed by atoms with van der Waals surface area (Å²) in [5, 5.41) is 0. The van der Waals surface area contributed by atoms with Gasteiger partial charge >= 0.3 is 7.82 Å². The summed E-state index contributed by atoms with van der Waals surface area (Å²) in [6, 6.07) is 0. The van der Waals surface area contributed by atoms with Crippen LogP contribution in [0.3, 0.4) is 0 Å². The van der Waals surface area contributed by atoms with Crippen LogP contribution in [0.4, 0.5) is 0 Å². The van der Waals surface area contributed by atoms with E-state index < -0.39 is 7.82 Å². The Bertz CT molecular complexity index is 68.2. The molecule has 0 aromatic rings. The van der Waals surface area contributed by atoms with E-state index in [9.17, 15) is 0 Å². The van der Waals surface area contributed by atoms with Crippen LogP contribution >= 0.6 is 7.82 Å². The molecule has 0 atom stereocenters. The molecule has 0 spiro atoms. The zero-order valence-electron chi connectivity index (χ0n) is 3.54. The Balaban J connectivity index is -0.0000000750. The fourth-order valence-corrected chi connectivity index (χ4v) is 0. The second kappa shape index (κ2) is 7.30. The molecule has 0 aliphatic carbocycles. The van der Waals surface area contributed by atoms with Crippen molar-refractivity contribution in [2.24, 2.45) is 0 Å². The monoisotopic (exact) mass is 183 g/mol. The summed E-state index contributed by atoms with van der Waals surface area (Å²) in [7, 11) is -4.64. The van der Waals surface area contributed by atoms with Crippen LogP contribution in [-0.2, 0) is 26.4 Å². The maximum Gasteiger partial charge on any atom is 0.466 e. The van der Waals surface area contributed by atoms with E-state index >= 15 is 0 Å². The van der Waals surface area contributed by atoms with E-state index in [1.807, 2.05) is 0 Å². The Kier molecular flexibility index (Phi) is 14.4. The van der Waals surface area contributed by atoms with E-state index in [2.05, 4.69) is 6.79 Å². The van der Waals surface area contributed by atoms with Crippen LogP contribution in [0.2, 0.25) is 0 Å². The predicted octanol–water partition coefficient (Wildman–Crippen LogP) is -1.21. The minimum Gasteiger partial charge on any atom is -0.545 e. The molecule has 0 aromatic heterocycles. The standard InChI is InChI=1S/CHO.Fe.H3O4P/c1-2;;1-5(2,3)4/h1H;;(H3,1,2,3,4)/q-1;;. The number of rotatable bonds is 0. The molecule has 7 heteroatoms. The van der Waals surface area contributed by atoms with Crippen molar-refractivity contribution in [3.05, 3.63) is 0 Å². The van der Waals surface area contributed by atoms with Gasteiger partial charge in [-0.2, -0.15) is 0 Å². The van der Waals surface area contributed by atoms with Crippen molar-refractivity contribution < 1.29 is 41.1 Å². The number of phosphoric acid groups is 1. The number of hydrogen-bond donors (Lipinski definition) is 3. The zero-order valence-corrected chi connectivity index (χ0v) is 5.53. The van der Waals surface area contributed by atoms with E-state index in [4.69, 9.17) is 24.0 Å². The third kappa shape index (κ3) is 1970. The first-order valence-corrected chi connectivity index (χ1v) is 2.58. The Morgan fingerprint density at radius 3 is 1.12 bits per heavy atom. The predicted molar refractivity (Wildman–Crippen MR) is 21.0 cm³/mol. The first kappa shape index (κ1) is 15.7. The molecule has 0 aliphatic heterocycles. The summed E-state index contributed by atoms with van der Waals surface area (Å²) in [5.41, 5.74) is 0. The molecule has 8 heavy (non-hydrogen) atoms. The molecule has 0 fully saturated rings. The van der Waals surface area contributed by atoms with Gasteiger partial charge < -0.3 is 19.5 Å². The molecule has 0 bridgehead atoms. The van der Waals surface area contributed by atoms with Crippen molar-refractivity contribution in [3.63, 3.8) is 0 Å². The summed E-state index contributed by atoms with van der Waals surface area (Å²) in [5.74, 6) is 0. The largest absolute Gasteiger partial charge is 0.545 e. The van der Waals surface area contributed by atoms with Gasteiger partial charge in [-0.3, -0.25) is 6.79 Å². The van der Waals surface area contributed by atoms with Gasteiger partial charge in [0.1, 0.15) is 0 Å². The van der Waals surface area contributed by atoms with Gasteiger partial charge in [-0.05, 0) is 0 Å². The van der Waals surface area contributed by atoms with Gasteiger partial charge in [0.15, 0.2) is 0 Å². The Labute approximate surface area is 56.4 Å². The molecule has 3 N–H and O–H groups in total. The molecule has 0 saturated carbocycles. The molecule has 0 radical (unpaired) electrons. The zero-order chi connectivity index (χ0) is 6.50. The minimum atomic E-state index is -4.64. The molecule has 52 valence electrons. The summed E-state index contributed by atoms with van der Waals surface area (Å²) >= 11 is 0. The van der Waals surface area contributed by atoms with E-state index in [0.717, 1.165) is 0 Å². The average Bonchev–Trinajstić information content (AvgIpc) is 1.36. The van der Waals surface area contributed by atoms with Gasteiger partial charge in [0, 0.05) is 17.1 Å². The van der Waals surface area contributed by atoms with E-state index in [1.54, 1.807) is 0 Å². The molecule has 0 amide bonds. The quantitative estimate of drug-likeness (QED) is 0.189. The van der Waals surface area contributed by atoms with Gasteiger partial charge in [0.2, 0.25) is 0 Å². The van der Waals surface area contributed by atoms with Crippen molar-refractivity contribution in [2.75, 3.05) is 0 Å². The summed E-state index contributed by atoms with van der Waals surface area (Å²) in [4.78, 5) is 29.3. The van der Waals surface area contributed by atoms with E-state index in [1.165, 1.54) is 0 Å². The van der Waals surface area contributed by atoms with Gasteiger partial charge in [-0.1, -0.05) is 0 Å². The normalized spacial score (nSPS) is 7.88. The third-order valence-electron chi connectivity index (χ3n) is 0. The first-order chi connectivity index (χ1) is 3.00. The molecule has 0 rings (SSSR count). The van der Waals surface area contributed by atoms with E-state index in [0.29, 0.717) is 0 Å². The Hall–Kier alpha value is 0.299. The van der Waals surface area contributed by atoms with Crippen LogP contribution < -0.4 is 0 Å². The van der Waals surface area contributed by atoms with Gasteiger partial charge in [-0.15, -0.1) is 0 Å². The maximum absolute atomic E-state index is 8.88. The van der Waals surface area contributed by atoms with Crippen LogP contribution in [0.5, 0.6) is 0 Å². The molecule has 5 nitrogen and oxygen atoms in total. The molecule has 0 saturated heterocycles. The number of hydrogen-bond acceptors (Lipinski definition) is 2. The second-order valence-corrected chi connectivity index (χ2v) is 1.54.